The molecule has 0 aliphatic heterocycles. The molecule has 1 heterocycles. The maximum absolute atomic E-state index is 12.2. The zero-order valence-corrected chi connectivity index (χ0v) is 11.3. The number of aromatic carboxylic acids is 1. The smallest absolute Gasteiger partial charge is 0.338 e. The molecule has 20 heavy (non-hydrogen) atoms. The topological polar surface area (TPSA) is 70.8 Å². The first-order valence-electron chi connectivity index (χ1n) is 6.21. The van der Waals surface area contributed by atoms with E-state index in [1.54, 1.807) is 7.05 Å². The van der Waals surface area contributed by atoms with Crippen LogP contribution in [0.5, 0.6) is 0 Å². The lowest BCUT2D eigenvalue weighted by atomic mass is 10.1. The minimum Gasteiger partial charge on any atom is -0.478 e. The van der Waals surface area contributed by atoms with E-state index < -0.39 is 5.97 Å². The Hall–Kier alpha value is -2.56. The van der Waals surface area contributed by atoms with Gasteiger partial charge in [0.2, 0.25) is 0 Å². The van der Waals surface area contributed by atoms with Gasteiger partial charge in [0, 0.05) is 18.8 Å². The van der Waals surface area contributed by atoms with E-state index in [0.29, 0.717) is 0 Å². The number of nitrogens with zero attached hydrogens (tertiary/aromatic N) is 1. The maximum Gasteiger partial charge on any atom is 0.338 e. The van der Waals surface area contributed by atoms with E-state index in [4.69, 9.17) is 9.52 Å². The lowest BCUT2D eigenvalue weighted by Gasteiger charge is -2.16. The molecule has 0 aliphatic carbocycles. The molecule has 5 nitrogen and oxygen atoms in total. The molecule has 1 aromatic carbocycles. The second-order valence-electron chi connectivity index (χ2n) is 4.39. The average Bonchev–Trinajstić information content (AvgIpc) is 2.96. The summed E-state index contributed by atoms with van der Waals surface area (Å²) in [6, 6.07) is 8.81. The summed E-state index contributed by atoms with van der Waals surface area (Å²) in [7, 11) is 1.62. The molecule has 1 N–H and O–H groups in total. The van der Waals surface area contributed by atoms with Crippen molar-refractivity contribution in [1.29, 1.82) is 0 Å². The Morgan fingerprint density at radius 2 is 1.90 bits per heavy atom. The van der Waals surface area contributed by atoms with Crippen LogP contribution in [0.4, 0.5) is 5.69 Å². The van der Waals surface area contributed by atoms with Gasteiger partial charge in [0.15, 0.2) is 5.76 Å². The number of carbonyl (C=O) groups is 2. The summed E-state index contributed by atoms with van der Waals surface area (Å²) < 4.78 is 5.00. The van der Waals surface area contributed by atoms with Crippen LogP contribution in [0.2, 0.25) is 0 Å². The maximum atomic E-state index is 12.2. The molecule has 0 bridgehead atoms. The Kier molecular flexibility index (Phi) is 3.89. The van der Waals surface area contributed by atoms with Gasteiger partial charge >= 0.3 is 5.97 Å². The first-order valence-corrected chi connectivity index (χ1v) is 6.21. The van der Waals surface area contributed by atoms with Crippen LogP contribution in [0.1, 0.15) is 33.4 Å². The number of benzene rings is 1. The van der Waals surface area contributed by atoms with Crippen molar-refractivity contribution in [2.75, 3.05) is 11.9 Å². The number of anilines is 1. The summed E-state index contributed by atoms with van der Waals surface area (Å²) in [5.41, 5.74) is 1.87. The van der Waals surface area contributed by atoms with Crippen LogP contribution in [0.25, 0.3) is 0 Å². The van der Waals surface area contributed by atoms with Gasteiger partial charge in [-0.3, -0.25) is 4.79 Å². The molecule has 2 rings (SSSR count). The Morgan fingerprint density at radius 1 is 1.25 bits per heavy atom. The largest absolute Gasteiger partial charge is 0.478 e. The van der Waals surface area contributed by atoms with Crippen molar-refractivity contribution in [1.82, 2.24) is 0 Å². The van der Waals surface area contributed by atoms with Crippen LogP contribution >= 0.6 is 0 Å². The van der Waals surface area contributed by atoms with Crippen molar-refractivity contribution >= 4 is 17.6 Å². The third kappa shape index (κ3) is 2.71. The summed E-state index contributed by atoms with van der Waals surface area (Å²) in [6.45, 7) is 2.06. The minimum atomic E-state index is -1.12. The normalized spacial score (nSPS) is 10.3. The Bertz CT molecular complexity index is 628. The molecule has 5 heteroatoms. The Balaban J connectivity index is 2.20. The number of aryl methyl sites for hydroxylation is 1. The number of hydrogen-bond donors (Lipinski definition) is 1. The number of carboxylic acids is 1. The number of amides is 1. The molecule has 0 fully saturated rings. The molecular weight excluding hydrogens is 258 g/mol. The van der Waals surface area contributed by atoms with E-state index in [2.05, 4.69) is 6.92 Å². The van der Waals surface area contributed by atoms with Crippen LogP contribution < -0.4 is 4.90 Å². The molecule has 2 aromatic rings. The second kappa shape index (κ2) is 5.61. The number of hydrogen-bond acceptors (Lipinski definition) is 3. The summed E-state index contributed by atoms with van der Waals surface area (Å²) in [5.74, 6) is -1.51. The van der Waals surface area contributed by atoms with Gasteiger partial charge in [0.25, 0.3) is 5.91 Å². The molecule has 104 valence electrons. The SMILES string of the molecule is CCc1ccc(N(C)C(=O)c2cc(C(=O)O)co2)cc1. The first-order chi connectivity index (χ1) is 9.52. The summed E-state index contributed by atoms with van der Waals surface area (Å²) >= 11 is 0. The van der Waals surface area contributed by atoms with E-state index in [1.807, 2.05) is 24.3 Å². The van der Waals surface area contributed by atoms with Gasteiger partial charge in [-0.2, -0.15) is 0 Å². The van der Waals surface area contributed by atoms with Gasteiger partial charge in [-0.1, -0.05) is 19.1 Å². The second-order valence-corrected chi connectivity index (χ2v) is 4.39. The summed E-state index contributed by atoms with van der Waals surface area (Å²) in [5, 5.41) is 8.81. The van der Waals surface area contributed by atoms with Gasteiger partial charge in [0.1, 0.15) is 6.26 Å². The van der Waals surface area contributed by atoms with Crippen LogP contribution in [0, 0.1) is 0 Å². The highest BCUT2D eigenvalue weighted by Gasteiger charge is 2.19. The fraction of sp³-hybridized carbons (Fsp3) is 0.200. The molecule has 0 saturated carbocycles. The molecule has 0 aliphatic rings. The monoisotopic (exact) mass is 273 g/mol. The molecule has 0 saturated heterocycles. The standard InChI is InChI=1S/C15H15NO4/c1-3-10-4-6-12(7-5-10)16(2)14(17)13-8-11(9-20-13)15(18)19/h4-9H,3H2,1-2H3,(H,18,19). The van der Waals surface area contributed by atoms with E-state index >= 15 is 0 Å². The summed E-state index contributed by atoms with van der Waals surface area (Å²) in [4.78, 5) is 24.4. The van der Waals surface area contributed by atoms with Crippen molar-refractivity contribution in [2.24, 2.45) is 0 Å². The zero-order valence-electron chi connectivity index (χ0n) is 11.3. The van der Waals surface area contributed by atoms with Gasteiger partial charge in [0.05, 0.1) is 5.56 Å². The average molecular weight is 273 g/mol. The molecule has 0 atom stereocenters. The number of furan rings is 1. The van der Waals surface area contributed by atoms with Crippen LogP contribution in [-0.4, -0.2) is 24.0 Å². The van der Waals surface area contributed by atoms with Crippen LogP contribution in [-0.2, 0) is 6.42 Å². The van der Waals surface area contributed by atoms with Crippen molar-refractivity contribution in [2.45, 2.75) is 13.3 Å². The quantitative estimate of drug-likeness (QED) is 0.929. The number of carboxylic acid groups (broad SMARTS) is 1. The van der Waals surface area contributed by atoms with E-state index in [1.165, 1.54) is 16.5 Å². The Morgan fingerprint density at radius 3 is 2.40 bits per heavy atom. The number of carbonyl (C=O) groups excluding carboxylic acids is 1. The highest BCUT2D eigenvalue weighted by atomic mass is 16.4. The van der Waals surface area contributed by atoms with Crippen molar-refractivity contribution < 1.29 is 19.1 Å². The highest BCUT2D eigenvalue weighted by molar-refractivity contribution is 6.05. The van der Waals surface area contributed by atoms with E-state index in [0.717, 1.165) is 18.4 Å². The molecule has 0 unspecified atom stereocenters. The minimum absolute atomic E-state index is 0.00414. The molecule has 1 amide bonds. The predicted octanol–water partition coefficient (Wildman–Crippen LogP) is 2.82. The third-order valence-electron chi connectivity index (χ3n) is 3.09. The molecular formula is C15H15NO4. The fourth-order valence-corrected chi connectivity index (χ4v) is 1.80. The molecule has 0 spiro atoms. The summed E-state index contributed by atoms with van der Waals surface area (Å²) in [6.07, 6.45) is 1.99. The van der Waals surface area contributed by atoms with Crippen LogP contribution in [0.15, 0.2) is 41.0 Å². The van der Waals surface area contributed by atoms with Gasteiger partial charge in [-0.05, 0) is 24.1 Å². The van der Waals surface area contributed by atoms with Crippen molar-refractivity contribution in [3.05, 3.63) is 53.5 Å². The van der Waals surface area contributed by atoms with Crippen molar-refractivity contribution in [3.8, 4) is 0 Å². The predicted molar refractivity (Wildman–Crippen MR) is 74.2 cm³/mol. The van der Waals surface area contributed by atoms with Gasteiger partial charge in [-0.15, -0.1) is 0 Å². The lowest BCUT2D eigenvalue weighted by Crippen LogP contribution is -2.25. The van der Waals surface area contributed by atoms with Crippen molar-refractivity contribution in [3.63, 3.8) is 0 Å². The Labute approximate surface area is 116 Å². The molecule has 0 radical (unpaired) electrons. The third-order valence-corrected chi connectivity index (χ3v) is 3.09. The van der Waals surface area contributed by atoms with Gasteiger partial charge < -0.3 is 14.4 Å². The zero-order chi connectivity index (χ0) is 14.7. The van der Waals surface area contributed by atoms with Crippen LogP contribution in [0.3, 0.4) is 0 Å². The lowest BCUT2D eigenvalue weighted by molar-refractivity contribution is 0.0696. The molecule has 1 aromatic heterocycles. The highest BCUT2D eigenvalue weighted by Crippen LogP contribution is 2.18. The van der Waals surface area contributed by atoms with E-state index in [-0.39, 0.29) is 17.2 Å². The fourth-order valence-electron chi connectivity index (χ4n) is 1.80. The van der Waals surface area contributed by atoms with Gasteiger partial charge in [-0.25, -0.2) is 4.79 Å². The van der Waals surface area contributed by atoms with E-state index in [9.17, 15) is 9.59 Å². The number of rotatable bonds is 4. The first kappa shape index (κ1) is 13.9.